The fourth-order valence-electron chi connectivity index (χ4n) is 3.62. The highest BCUT2D eigenvalue weighted by molar-refractivity contribution is 5.90. The lowest BCUT2D eigenvalue weighted by atomic mass is 9.99. The van der Waals surface area contributed by atoms with Gasteiger partial charge in [-0.3, -0.25) is 4.98 Å². The Morgan fingerprint density at radius 2 is 1.43 bits per heavy atom. The number of pyridine rings is 1. The second kappa shape index (κ2) is 11.7. The lowest BCUT2D eigenvalue weighted by Gasteiger charge is -2.05. The zero-order chi connectivity index (χ0) is 21.0. The summed E-state index contributed by atoms with van der Waals surface area (Å²) in [6.45, 7) is 2.26. The standard InChI is InChI=1S/C28H30N2/c1-2-3-4-5-6-7-8-23-9-11-24(12-10-23)21-28(22-29)26-15-13-25(14-16-26)27-17-19-30-20-18-27/h9-21H,2-8H2,1H3/b28-21+. The van der Waals surface area contributed by atoms with Crippen LogP contribution >= 0.6 is 0 Å². The van der Waals surface area contributed by atoms with E-state index in [0.717, 1.165) is 28.7 Å². The average molecular weight is 395 g/mol. The highest BCUT2D eigenvalue weighted by atomic mass is 14.6. The molecule has 3 aromatic rings. The highest BCUT2D eigenvalue weighted by Crippen LogP contribution is 2.23. The largest absolute Gasteiger partial charge is 0.265 e. The van der Waals surface area contributed by atoms with E-state index in [1.54, 1.807) is 12.4 Å². The van der Waals surface area contributed by atoms with Gasteiger partial charge in [0.05, 0.1) is 11.6 Å². The number of nitrogens with zero attached hydrogens (tertiary/aromatic N) is 2. The minimum Gasteiger partial charge on any atom is -0.265 e. The Balaban J connectivity index is 1.61. The van der Waals surface area contributed by atoms with Gasteiger partial charge in [0, 0.05) is 12.4 Å². The highest BCUT2D eigenvalue weighted by Gasteiger charge is 2.03. The number of aryl methyl sites for hydroxylation is 1. The summed E-state index contributed by atoms with van der Waals surface area (Å²) in [4.78, 5) is 4.06. The molecule has 0 saturated carbocycles. The van der Waals surface area contributed by atoms with Gasteiger partial charge in [0.25, 0.3) is 0 Å². The van der Waals surface area contributed by atoms with Crippen LogP contribution in [0.1, 0.15) is 62.1 Å². The minimum absolute atomic E-state index is 0.681. The summed E-state index contributed by atoms with van der Waals surface area (Å²) in [5, 5.41) is 9.66. The molecule has 0 bridgehead atoms. The Morgan fingerprint density at radius 1 is 0.800 bits per heavy atom. The predicted molar refractivity (Wildman–Crippen MR) is 127 cm³/mol. The predicted octanol–water partition coefficient (Wildman–Crippen LogP) is 7.72. The van der Waals surface area contributed by atoms with Crippen molar-refractivity contribution in [3.8, 4) is 17.2 Å². The molecule has 152 valence electrons. The van der Waals surface area contributed by atoms with Crippen LogP contribution < -0.4 is 0 Å². The molecular weight excluding hydrogens is 364 g/mol. The second-order valence-electron chi connectivity index (χ2n) is 7.74. The molecule has 1 heterocycles. The Morgan fingerprint density at radius 3 is 2.10 bits per heavy atom. The topological polar surface area (TPSA) is 36.7 Å². The van der Waals surface area contributed by atoms with Crippen LogP contribution in [0.2, 0.25) is 0 Å². The van der Waals surface area contributed by atoms with Crippen LogP contribution in [0, 0.1) is 11.3 Å². The van der Waals surface area contributed by atoms with Gasteiger partial charge in [-0.05, 0) is 58.9 Å². The van der Waals surface area contributed by atoms with E-state index in [0.29, 0.717) is 5.57 Å². The number of hydrogen-bond acceptors (Lipinski definition) is 2. The van der Waals surface area contributed by atoms with Crippen molar-refractivity contribution in [2.45, 2.75) is 51.9 Å². The van der Waals surface area contributed by atoms with Crippen molar-refractivity contribution in [3.63, 3.8) is 0 Å². The van der Waals surface area contributed by atoms with Crippen LogP contribution in [0.4, 0.5) is 0 Å². The number of rotatable bonds is 10. The van der Waals surface area contributed by atoms with Gasteiger partial charge >= 0.3 is 0 Å². The molecule has 0 N–H and O–H groups in total. The summed E-state index contributed by atoms with van der Waals surface area (Å²) in [7, 11) is 0. The van der Waals surface area contributed by atoms with Crippen molar-refractivity contribution in [2.75, 3.05) is 0 Å². The molecule has 0 radical (unpaired) electrons. The van der Waals surface area contributed by atoms with E-state index in [4.69, 9.17) is 0 Å². The lowest BCUT2D eigenvalue weighted by molar-refractivity contribution is 0.607. The van der Waals surface area contributed by atoms with E-state index < -0.39 is 0 Å². The second-order valence-corrected chi connectivity index (χ2v) is 7.74. The van der Waals surface area contributed by atoms with Crippen LogP contribution in [0.5, 0.6) is 0 Å². The maximum absolute atomic E-state index is 9.66. The quantitative estimate of drug-likeness (QED) is 0.200. The first-order valence-electron chi connectivity index (χ1n) is 11.0. The van der Waals surface area contributed by atoms with Crippen molar-refractivity contribution in [3.05, 3.63) is 89.7 Å². The third kappa shape index (κ3) is 6.42. The molecule has 2 nitrogen and oxygen atoms in total. The summed E-state index contributed by atoms with van der Waals surface area (Å²) < 4.78 is 0. The van der Waals surface area contributed by atoms with Gasteiger partial charge in [-0.25, -0.2) is 0 Å². The minimum atomic E-state index is 0.681. The Kier molecular flexibility index (Phi) is 8.42. The van der Waals surface area contributed by atoms with Crippen LogP contribution in [-0.4, -0.2) is 4.98 Å². The van der Waals surface area contributed by atoms with Crippen molar-refractivity contribution in [2.24, 2.45) is 0 Å². The molecule has 0 saturated heterocycles. The Hall–Kier alpha value is -3.18. The van der Waals surface area contributed by atoms with Crippen LogP contribution in [0.3, 0.4) is 0 Å². The molecular formula is C28H30N2. The van der Waals surface area contributed by atoms with Gasteiger partial charge in [0.15, 0.2) is 0 Å². The maximum atomic E-state index is 9.66. The Labute approximate surface area is 180 Å². The van der Waals surface area contributed by atoms with Crippen molar-refractivity contribution in [1.82, 2.24) is 4.98 Å². The van der Waals surface area contributed by atoms with Crippen molar-refractivity contribution in [1.29, 1.82) is 5.26 Å². The number of hydrogen-bond donors (Lipinski definition) is 0. The molecule has 0 amide bonds. The van der Waals surface area contributed by atoms with Crippen molar-refractivity contribution >= 4 is 11.6 Å². The molecule has 30 heavy (non-hydrogen) atoms. The molecule has 2 aromatic carbocycles. The maximum Gasteiger partial charge on any atom is 0.0998 e. The molecule has 2 heteroatoms. The van der Waals surface area contributed by atoms with E-state index in [2.05, 4.69) is 54.4 Å². The molecule has 0 spiro atoms. The normalized spacial score (nSPS) is 11.3. The van der Waals surface area contributed by atoms with Crippen LogP contribution in [-0.2, 0) is 6.42 Å². The van der Waals surface area contributed by atoms with Crippen LogP contribution in [0.25, 0.3) is 22.8 Å². The summed E-state index contributed by atoms with van der Waals surface area (Å²) in [5.74, 6) is 0. The van der Waals surface area contributed by atoms with E-state index in [1.165, 1.54) is 44.1 Å². The summed E-state index contributed by atoms with van der Waals surface area (Å²) >= 11 is 0. The van der Waals surface area contributed by atoms with Crippen molar-refractivity contribution < 1.29 is 0 Å². The molecule has 1 aromatic heterocycles. The van der Waals surface area contributed by atoms with Crippen LogP contribution in [0.15, 0.2) is 73.1 Å². The molecule has 0 aliphatic carbocycles. The third-order valence-corrected chi connectivity index (χ3v) is 5.44. The van der Waals surface area contributed by atoms with Gasteiger partial charge in [-0.15, -0.1) is 0 Å². The van der Waals surface area contributed by atoms with E-state index >= 15 is 0 Å². The van der Waals surface area contributed by atoms with Gasteiger partial charge in [0.2, 0.25) is 0 Å². The molecule has 0 atom stereocenters. The van der Waals surface area contributed by atoms with Gasteiger partial charge in [-0.1, -0.05) is 87.6 Å². The fourth-order valence-corrected chi connectivity index (χ4v) is 3.62. The summed E-state index contributed by atoms with van der Waals surface area (Å²) in [6, 6.07) is 23.1. The van der Waals surface area contributed by atoms with Gasteiger partial charge in [0.1, 0.15) is 0 Å². The molecule has 0 unspecified atom stereocenters. The molecule has 0 aliphatic rings. The summed E-state index contributed by atoms with van der Waals surface area (Å²) in [5.41, 5.74) is 6.31. The lowest BCUT2D eigenvalue weighted by Crippen LogP contribution is -1.87. The van der Waals surface area contributed by atoms with E-state index in [1.807, 2.05) is 30.3 Å². The number of nitriles is 1. The first-order chi connectivity index (χ1) is 14.8. The van der Waals surface area contributed by atoms with E-state index in [9.17, 15) is 5.26 Å². The van der Waals surface area contributed by atoms with Gasteiger partial charge in [-0.2, -0.15) is 5.26 Å². The van der Waals surface area contributed by atoms with E-state index in [-0.39, 0.29) is 0 Å². The summed E-state index contributed by atoms with van der Waals surface area (Å²) in [6.07, 6.45) is 14.6. The first kappa shape index (κ1) is 21.5. The van der Waals surface area contributed by atoms with Gasteiger partial charge < -0.3 is 0 Å². The number of unbranched alkanes of at least 4 members (excludes halogenated alkanes) is 5. The number of allylic oxidation sites excluding steroid dienone is 1. The number of aromatic nitrogens is 1. The first-order valence-corrected chi connectivity index (χ1v) is 11.0. The molecule has 3 rings (SSSR count). The zero-order valence-corrected chi connectivity index (χ0v) is 17.8. The molecule has 0 aliphatic heterocycles. The number of benzene rings is 2. The molecule has 0 fully saturated rings. The zero-order valence-electron chi connectivity index (χ0n) is 17.8. The Bertz CT molecular complexity index is 962. The average Bonchev–Trinajstić information content (AvgIpc) is 2.81. The monoisotopic (exact) mass is 394 g/mol. The SMILES string of the molecule is CCCCCCCCc1ccc(/C=C(\C#N)c2ccc(-c3ccncc3)cc2)cc1. The smallest absolute Gasteiger partial charge is 0.0998 e. The fraction of sp³-hybridized carbons (Fsp3) is 0.286. The third-order valence-electron chi connectivity index (χ3n) is 5.44.